The van der Waals surface area contributed by atoms with Crippen LogP contribution in [-0.2, 0) is 0 Å². The first-order valence-electron chi connectivity index (χ1n) is 20.3. The van der Waals surface area contributed by atoms with E-state index in [1.54, 1.807) is 0 Å². The van der Waals surface area contributed by atoms with Gasteiger partial charge >= 0.3 is 0 Å². The Balaban J connectivity index is 1.12. The second kappa shape index (κ2) is 13.8. The van der Waals surface area contributed by atoms with Crippen LogP contribution in [0.5, 0.6) is 0 Å². The zero-order valence-electron chi connectivity index (χ0n) is 32.4. The molecule has 0 fully saturated rings. The summed E-state index contributed by atoms with van der Waals surface area (Å²) in [5, 5.41) is 7.17. The molecule has 280 valence electrons. The van der Waals surface area contributed by atoms with Crippen LogP contribution in [0.25, 0.3) is 111 Å². The van der Waals surface area contributed by atoms with E-state index in [2.05, 4.69) is 203 Å². The van der Waals surface area contributed by atoms with Crippen LogP contribution in [0.15, 0.2) is 212 Å². The van der Waals surface area contributed by atoms with Gasteiger partial charge in [0.2, 0.25) is 0 Å². The molecule has 5 nitrogen and oxygen atoms in total. The molecular formula is C55H35N5. The molecule has 0 unspecified atom stereocenters. The van der Waals surface area contributed by atoms with Crippen LogP contribution < -0.4 is 0 Å². The maximum absolute atomic E-state index is 5.26. The molecule has 0 bridgehead atoms. The number of nitrogens with zero attached hydrogens (tertiary/aromatic N) is 5. The number of rotatable bonds is 6. The van der Waals surface area contributed by atoms with Crippen LogP contribution in [0, 0.1) is 0 Å². The van der Waals surface area contributed by atoms with Crippen molar-refractivity contribution in [3.05, 3.63) is 212 Å². The van der Waals surface area contributed by atoms with E-state index in [0.717, 1.165) is 55.6 Å². The van der Waals surface area contributed by atoms with E-state index < -0.39 is 0 Å². The first kappa shape index (κ1) is 33.9. The van der Waals surface area contributed by atoms with Gasteiger partial charge in [-0.3, -0.25) is 0 Å². The Bertz CT molecular complexity index is 3550. The molecule has 9 aromatic carbocycles. The highest BCUT2D eigenvalue weighted by atomic mass is 15.0. The molecule has 0 spiro atoms. The molecule has 3 heterocycles. The number of para-hydroxylation sites is 3. The van der Waals surface area contributed by atoms with Crippen molar-refractivity contribution in [2.45, 2.75) is 0 Å². The number of hydrogen-bond donors (Lipinski definition) is 0. The second-order valence-corrected chi connectivity index (χ2v) is 15.3. The first-order chi connectivity index (χ1) is 29.7. The van der Waals surface area contributed by atoms with Gasteiger partial charge in [-0.1, -0.05) is 158 Å². The van der Waals surface area contributed by atoms with Gasteiger partial charge in [-0.25, -0.2) is 15.0 Å². The quantitative estimate of drug-likeness (QED) is 0.169. The van der Waals surface area contributed by atoms with E-state index in [4.69, 9.17) is 15.0 Å². The van der Waals surface area contributed by atoms with Crippen molar-refractivity contribution in [1.82, 2.24) is 24.1 Å². The molecule has 0 atom stereocenters. The summed E-state index contributed by atoms with van der Waals surface area (Å²) in [5.41, 5.74) is 11.7. The fraction of sp³-hybridized carbons (Fsp3) is 0. The Morgan fingerprint density at radius 1 is 0.250 bits per heavy atom. The van der Waals surface area contributed by atoms with Crippen molar-refractivity contribution < 1.29 is 0 Å². The van der Waals surface area contributed by atoms with Crippen molar-refractivity contribution in [3.63, 3.8) is 0 Å². The molecule has 0 aliphatic rings. The van der Waals surface area contributed by atoms with E-state index in [0.29, 0.717) is 17.5 Å². The number of benzene rings is 9. The van der Waals surface area contributed by atoms with Crippen LogP contribution in [0.2, 0.25) is 0 Å². The van der Waals surface area contributed by atoms with Gasteiger partial charge in [-0.05, 0) is 76.5 Å². The van der Waals surface area contributed by atoms with Crippen LogP contribution in [0.4, 0.5) is 0 Å². The molecule has 0 saturated heterocycles. The Morgan fingerprint density at radius 2 is 0.733 bits per heavy atom. The summed E-state index contributed by atoms with van der Waals surface area (Å²) >= 11 is 0. The molecule has 12 aromatic rings. The summed E-state index contributed by atoms with van der Waals surface area (Å²) in [7, 11) is 0. The third kappa shape index (κ3) is 5.59. The third-order valence-electron chi connectivity index (χ3n) is 11.7. The van der Waals surface area contributed by atoms with E-state index in [9.17, 15) is 0 Å². The van der Waals surface area contributed by atoms with Crippen molar-refractivity contribution >= 4 is 54.4 Å². The molecule has 0 N–H and O–H groups in total. The molecular weight excluding hydrogens is 731 g/mol. The third-order valence-corrected chi connectivity index (χ3v) is 11.7. The lowest BCUT2D eigenvalue weighted by Gasteiger charge is -2.15. The van der Waals surface area contributed by atoms with Gasteiger partial charge < -0.3 is 9.13 Å². The highest BCUT2D eigenvalue weighted by molar-refractivity contribution is 6.12. The number of hydrogen-bond acceptors (Lipinski definition) is 3. The molecule has 0 radical (unpaired) electrons. The molecule has 60 heavy (non-hydrogen) atoms. The van der Waals surface area contributed by atoms with Gasteiger partial charge in [-0.2, -0.15) is 0 Å². The van der Waals surface area contributed by atoms with Crippen LogP contribution in [0.3, 0.4) is 0 Å². The van der Waals surface area contributed by atoms with E-state index in [-0.39, 0.29) is 0 Å². The Labute approximate surface area is 346 Å². The van der Waals surface area contributed by atoms with Crippen molar-refractivity contribution in [2.75, 3.05) is 0 Å². The summed E-state index contributed by atoms with van der Waals surface area (Å²) < 4.78 is 4.80. The minimum absolute atomic E-state index is 0.609. The molecule has 0 saturated carbocycles. The minimum atomic E-state index is 0.609. The summed E-state index contributed by atoms with van der Waals surface area (Å²) in [5.74, 6) is 1.87. The topological polar surface area (TPSA) is 48.5 Å². The van der Waals surface area contributed by atoms with Crippen LogP contribution >= 0.6 is 0 Å². The van der Waals surface area contributed by atoms with Crippen molar-refractivity contribution in [3.8, 4) is 56.7 Å². The van der Waals surface area contributed by atoms with Gasteiger partial charge in [0.25, 0.3) is 0 Å². The lowest BCUT2D eigenvalue weighted by atomic mass is 10.0. The zero-order chi connectivity index (χ0) is 39.6. The average Bonchev–Trinajstić information content (AvgIpc) is 3.84. The Kier molecular flexibility index (Phi) is 7.78. The largest absolute Gasteiger partial charge is 0.309 e. The number of fused-ring (bicyclic) bond motifs is 7. The van der Waals surface area contributed by atoms with E-state index >= 15 is 0 Å². The number of aromatic nitrogens is 5. The maximum Gasteiger partial charge on any atom is 0.164 e. The first-order valence-corrected chi connectivity index (χ1v) is 20.3. The zero-order valence-corrected chi connectivity index (χ0v) is 32.4. The van der Waals surface area contributed by atoms with E-state index in [1.807, 2.05) is 18.2 Å². The SMILES string of the molecule is c1ccc(-c2cc(-c3nc(-c4ccccc4)nc(-c4ccc5ccccc5c4)n3)cc(-n3c4ccccc4c4ccc(-n5c6ccccc6c6ccccc65)cc43)c2)cc1. The van der Waals surface area contributed by atoms with Gasteiger partial charge in [0.05, 0.1) is 22.1 Å². The van der Waals surface area contributed by atoms with Gasteiger partial charge in [-0.15, -0.1) is 0 Å². The lowest BCUT2D eigenvalue weighted by Crippen LogP contribution is -2.02. The second-order valence-electron chi connectivity index (χ2n) is 15.3. The summed E-state index contributed by atoms with van der Waals surface area (Å²) in [6, 6.07) is 75.3. The Morgan fingerprint density at radius 3 is 1.38 bits per heavy atom. The maximum atomic E-state index is 5.26. The highest BCUT2D eigenvalue weighted by Crippen LogP contribution is 2.39. The van der Waals surface area contributed by atoms with E-state index in [1.165, 1.54) is 38.0 Å². The molecule has 12 rings (SSSR count). The fourth-order valence-corrected chi connectivity index (χ4v) is 8.92. The summed E-state index contributed by atoms with van der Waals surface area (Å²) in [4.78, 5) is 15.6. The average molecular weight is 766 g/mol. The van der Waals surface area contributed by atoms with Gasteiger partial charge in [0.15, 0.2) is 17.5 Å². The Hall–Kier alpha value is -8.15. The van der Waals surface area contributed by atoms with Gasteiger partial charge in [0.1, 0.15) is 0 Å². The standard InChI is InChI=1S/C55H35N5/c1-3-15-36(16-4-1)41-32-42(55-57-53(38-18-5-2-6-19-38)56-54(58-55)40-28-27-37-17-7-8-20-39(37)31-40)34-44(33-41)60-51-26-14-11-23-47(51)48-30-29-43(35-52(48)60)59-49-24-12-9-21-45(49)46-22-10-13-25-50(46)59/h1-35H. The molecule has 5 heteroatoms. The van der Waals surface area contributed by atoms with Crippen molar-refractivity contribution in [1.29, 1.82) is 0 Å². The lowest BCUT2D eigenvalue weighted by molar-refractivity contribution is 1.07. The van der Waals surface area contributed by atoms with Crippen LogP contribution in [-0.4, -0.2) is 24.1 Å². The summed E-state index contributed by atoms with van der Waals surface area (Å²) in [6.45, 7) is 0. The predicted molar refractivity (Wildman–Crippen MR) is 248 cm³/mol. The van der Waals surface area contributed by atoms with Crippen LogP contribution in [0.1, 0.15) is 0 Å². The van der Waals surface area contributed by atoms with Crippen molar-refractivity contribution in [2.24, 2.45) is 0 Å². The summed E-state index contributed by atoms with van der Waals surface area (Å²) in [6.07, 6.45) is 0. The fourth-order valence-electron chi connectivity index (χ4n) is 8.92. The molecule has 0 aliphatic carbocycles. The highest BCUT2D eigenvalue weighted by Gasteiger charge is 2.19. The predicted octanol–water partition coefficient (Wildman–Crippen LogP) is 13.9. The molecule has 0 amide bonds. The monoisotopic (exact) mass is 765 g/mol. The molecule has 3 aromatic heterocycles. The molecule has 0 aliphatic heterocycles. The minimum Gasteiger partial charge on any atom is -0.309 e. The normalized spacial score (nSPS) is 11.7. The van der Waals surface area contributed by atoms with Gasteiger partial charge in [0, 0.05) is 49.6 Å². The smallest absolute Gasteiger partial charge is 0.164 e.